The lowest BCUT2D eigenvalue weighted by Gasteiger charge is -2.31. The fourth-order valence-electron chi connectivity index (χ4n) is 4.14. The van der Waals surface area contributed by atoms with Gasteiger partial charge in [0.05, 0.1) is 25.3 Å². The Bertz CT molecular complexity index is 1010. The number of oxazole rings is 1. The number of piperidine rings is 1. The summed E-state index contributed by atoms with van der Waals surface area (Å²) in [7, 11) is 1.46. The Hall–Kier alpha value is -3.12. The van der Waals surface area contributed by atoms with Gasteiger partial charge in [-0.15, -0.1) is 0 Å². The van der Waals surface area contributed by atoms with Gasteiger partial charge in [-0.25, -0.2) is 4.98 Å². The summed E-state index contributed by atoms with van der Waals surface area (Å²) in [6.45, 7) is 5.07. The van der Waals surface area contributed by atoms with E-state index in [0.717, 1.165) is 55.2 Å². The summed E-state index contributed by atoms with van der Waals surface area (Å²) in [6, 6.07) is 18.1. The third-order valence-electron chi connectivity index (χ3n) is 5.89. The van der Waals surface area contributed by atoms with Crippen LogP contribution in [-0.2, 0) is 22.5 Å². The number of aromatic nitrogens is 1. The number of rotatable bonds is 8. The highest BCUT2D eigenvalue weighted by atomic mass is 16.5. The van der Waals surface area contributed by atoms with E-state index in [0.29, 0.717) is 18.9 Å². The van der Waals surface area contributed by atoms with Crippen molar-refractivity contribution < 1.29 is 18.7 Å². The van der Waals surface area contributed by atoms with E-state index in [9.17, 15) is 4.79 Å². The van der Waals surface area contributed by atoms with E-state index in [1.807, 2.05) is 49.4 Å². The zero-order valence-corrected chi connectivity index (χ0v) is 18.8. The van der Waals surface area contributed by atoms with Gasteiger partial charge in [0.15, 0.2) is 0 Å². The first-order valence-electron chi connectivity index (χ1n) is 11.2. The van der Waals surface area contributed by atoms with Crippen molar-refractivity contribution in [2.75, 3.05) is 26.8 Å². The van der Waals surface area contributed by atoms with Crippen LogP contribution in [0.15, 0.2) is 59.0 Å². The molecule has 6 nitrogen and oxygen atoms in total. The average molecular weight is 435 g/mol. The molecule has 1 aromatic heterocycles. The molecule has 2 heterocycles. The second-order valence-corrected chi connectivity index (χ2v) is 8.23. The van der Waals surface area contributed by atoms with E-state index in [-0.39, 0.29) is 11.9 Å². The van der Waals surface area contributed by atoms with E-state index in [2.05, 4.69) is 22.0 Å². The maximum Gasteiger partial charge on any atom is 0.309 e. The molecule has 0 N–H and O–H groups in total. The van der Waals surface area contributed by atoms with E-state index in [1.54, 1.807) is 0 Å². The van der Waals surface area contributed by atoms with Crippen molar-refractivity contribution in [1.82, 2.24) is 9.88 Å². The van der Waals surface area contributed by atoms with Crippen LogP contribution in [-0.4, -0.2) is 42.7 Å². The van der Waals surface area contributed by atoms with Gasteiger partial charge in [-0.05, 0) is 56.1 Å². The first-order chi connectivity index (χ1) is 15.6. The molecule has 2 aromatic carbocycles. The van der Waals surface area contributed by atoms with Crippen LogP contribution in [0, 0.1) is 12.8 Å². The Morgan fingerprint density at radius 3 is 2.69 bits per heavy atom. The van der Waals surface area contributed by atoms with Crippen molar-refractivity contribution in [3.8, 4) is 17.2 Å². The summed E-state index contributed by atoms with van der Waals surface area (Å²) < 4.78 is 16.7. The van der Waals surface area contributed by atoms with Crippen molar-refractivity contribution in [2.24, 2.45) is 5.92 Å². The van der Waals surface area contributed by atoms with Gasteiger partial charge in [0, 0.05) is 25.1 Å². The van der Waals surface area contributed by atoms with Gasteiger partial charge in [0.2, 0.25) is 5.89 Å². The third kappa shape index (κ3) is 5.56. The van der Waals surface area contributed by atoms with Crippen LogP contribution in [0.5, 0.6) is 5.75 Å². The first-order valence-corrected chi connectivity index (χ1v) is 11.2. The number of esters is 1. The fourth-order valence-corrected chi connectivity index (χ4v) is 4.14. The quantitative estimate of drug-likeness (QED) is 0.481. The van der Waals surface area contributed by atoms with Crippen molar-refractivity contribution in [3.63, 3.8) is 0 Å². The lowest BCUT2D eigenvalue weighted by atomic mass is 9.98. The Morgan fingerprint density at radius 1 is 1.16 bits per heavy atom. The SMILES string of the molecule is COC(=O)C1CCCN(Cc2ccc(OCCc3nc(-c4ccccc4)oc3C)cc2)C1. The molecule has 1 fully saturated rings. The van der Waals surface area contributed by atoms with Gasteiger partial charge in [-0.2, -0.15) is 0 Å². The predicted molar refractivity (Wildman–Crippen MR) is 122 cm³/mol. The second-order valence-electron chi connectivity index (χ2n) is 8.23. The normalized spacial score (nSPS) is 16.6. The molecule has 168 valence electrons. The number of ether oxygens (including phenoxy) is 2. The molecule has 6 heteroatoms. The van der Waals surface area contributed by atoms with Crippen LogP contribution in [0.3, 0.4) is 0 Å². The van der Waals surface area contributed by atoms with Crippen LogP contribution < -0.4 is 4.74 Å². The van der Waals surface area contributed by atoms with Crippen molar-refractivity contribution >= 4 is 5.97 Å². The van der Waals surface area contributed by atoms with Crippen molar-refractivity contribution in [1.29, 1.82) is 0 Å². The molecule has 1 aliphatic heterocycles. The molecule has 0 saturated carbocycles. The molecule has 1 saturated heterocycles. The number of aryl methyl sites for hydroxylation is 1. The van der Waals surface area contributed by atoms with Crippen LogP contribution in [0.25, 0.3) is 11.5 Å². The monoisotopic (exact) mass is 434 g/mol. The maximum absolute atomic E-state index is 11.8. The molecule has 1 unspecified atom stereocenters. The molecule has 1 aliphatic rings. The molecule has 0 amide bonds. The number of hydrogen-bond acceptors (Lipinski definition) is 6. The standard InChI is InChI=1S/C26H30N2O4/c1-19-24(27-25(32-19)21-7-4-3-5-8-21)14-16-31-23-12-10-20(11-13-23)17-28-15-6-9-22(18-28)26(29)30-2/h3-5,7-8,10-13,22H,6,9,14-18H2,1-2H3. The number of methoxy groups -OCH3 is 1. The Labute approximate surface area is 189 Å². The highest BCUT2D eigenvalue weighted by Gasteiger charge is 2.26. The number of nitrogens with zero attached hydrogens (tertiary/aromatic N) is 2. The Kier molecular flexibility index (Phi) is 7.22. The number of carbonyl (C=O) groups is 1. The molecule has 1 atom stereocenters. The smallest absolute Gasteiger partial charge is 0.309 e. The lowest BCUT2D eigenvalue weighted by molar-refractivity contribution is -0.147. The predicted octanol–water partition coefficient (Wildman–Crippen LogP) is 4.66. The highest BCUT2D eigenvalue weighted by Crippen LogP contribution is 2.23. The van der Waals surface area contributed by atoms with Gasteiger partial charge >= 0.3 is 5.97 Å². The van der Waals surface area contributed by atoms with Crippen LogP contribution in [0.4, 0.5) is 0 Å². The van der Waals surface area contributed by atoms with E-state index >= 15 is 0 Å². The Balaban J connectivity index is 1.27. The summed E-state index contributed by atoms with van der Waals surface area (Å²) in [6.07, 6.45) is 2.62. The second kappa shape index (κ2) is 10.5. The van der Waals surface area contributed by atoms with Gasteiger partial charge in [0.1, 0.15) is 11.5 Å². The minimum Gasteiger partial charge on any atom is -0.493 e. The minimum absolute atomic E-state index is 0.0150. The van der Waals surface area contributed by atoms with Gasteiger partial charge in [-0.3, -0.25) is 9.69 Å². The van der Waals surface area contributed by atoms with E-state index in [1.165, 1.54) is 12.7 Å². The third-order valence-corrected chi connectivity index (χ3v) is 5.89. The number of carbonyl (C=O) groups excluding carboxylic acids is 1. The maximum atomic E-state index is 11.8. The summed E-state index contributed by atoms with van der Waals surface area (Å²) in [5.41, 5.74) is 3.11. The zero-order chi connectivity index (χ0) is 22.3. The average Bonchev–Trinajstić information content (AvgIpc) is 3.21. The molecule has 0 spiro atoms. The van der Waals surface area contributed by atoms with Crippen LogP contribution in [0.2, 0.25) is 0 Å². The summed E-state index contributed by atoms with van der Waals surface area (Å²) in [5.74, 6) is 2.20. The topological polar surface area (TPSA) is 64.8 Å². The molecular formula is C26H30N2O4. The zero-order valence-electron chi connectivity index (χ0n) is 18.8. The van der Waals surface area contributed by atoms with E-state index in [4.69, 9.17) is 13.9 Å². The summed E-state index contributed by atoms with van der Waals surface area (Å²) in [5, 5.41) is 0. The fraction of sp³-hybridized carbons (Fsp3) is 0.385. The van der Waals surface area contributed by atoms with Crippen LogP contribution >= 0.6 is 0 Å². The molecule has 4 rings (SSSR count). The summed E-state index contributed by atoms with van der Waals surface area (Å²) >= 11 is 0. The molecule has 32 heavy (non-hydrogen) atoms. The number of hydrogen-bond donors (Lipinski definition) is 0. The largest absolute Gasteiger partial charge is 0.493 e. The van der Waals surface area contributed by atoms with E-state index < -0.39 is 0 Å². The first kappa shape index (κ1) is 22.1. The van der Waals surface area contributed by atoms with Gasteiger partial charge in [0.25, 0.3) is 0 Å². The van der Waals surface area contributed by atoms with Gasteiger partial charge in [-0.1, -0.05) is 30.3 Å². The molecule has 0 radical (unpaired) electrons. The van der Waals surface area contributed by atoms with Crippen LogP contribution in [0.1, 0.15) is 29.9 Å². The molecular weight excluding hydrogens is 404 g/mol. The molecule has 0 aliphatic carbocycles. The molecule has 0 bridgehead atoms. The number of likely N-dealkylation sites (tertiary alicyclic amines) is 1. The highest BCUT2D eigenvalue weighted by molar-refractivity contribution is 5.72. The number of benzene rings is 2. The van der Waals surface area contributed by atoms with Crippen molar-refractivity contribution in [3.05, 3.63) is 71.6 Å². The lowest BCUT2D eigenvalue weighted by Crippen LogP contribution is -2.38. The molecule has 3 aromatic rings. The Morgan fingerprint density at radius 2 is 1.94 bits per heavy atom. The van der Waals surface area contributed by atoms with Gasteiger partial charge < -0.3 is 13.9 Å². The van der Waals surface area contributed by atoms with Crippen molar-refractivity contribution in [2.45, 2.75) is 32.7 Å². The summed E-state index contributed by atoms with van der Waals surface area (Å²) in [4.78, 5) is 18.8. The minimum atomic E-state index is -0.100.